The first-order chi connectivity index (χ1) is 10.2. The minimum Gasteiger partial charge on any atom is -0.379 e. The fraction of sp³-hybridized carbons (Fsp3) is 0.556. The number of nitrogens with one attached hydrogen (secondary N) is 1. The Hall–Kier alpha value is -1.32. The molecule has 0 saturated heterocycles. The van der Waals surface area contributed by atoms with Gasteiger partial charge in [-0.05, 0) is 36.4 Å². The van der Waals surface area contributed by atoms with E-state index in [4.69, 9.17) is 4.74 Å². The van der Waals surface area contributed by atoms with Crippen LogP contribution in [0.1, 0.15) is 32.9 Å². The monoisotopic (exact) mass is 288 g/mol. The fourth-order valence-corrected chi connectivity index (χ4v) is 2.55. The van der Waals surface area contributed by atoms with Gasteiger partial charge in [0.05, 0.1) is 6.61 Å². The molecule has 0 amide bonds. The zero-order valence-corrected chi connectivity index (χ0v) is 13.6. The van der Waals surface area contributed by atoms with Crippen molar-refractivity contribution in [1.29, 1.82) is 0 Å². The number of fused-ring (bicyclic) bond motifs is 1. The maximum absolute atomic E-state index is 5.76. The maximum atomic E-state index is 5.76. The van der Waals surface area contributed by atoms with Gasteiger partial charge in [0, 0.05) is 30.9 Å². The molecule has 0 unspecified atom stereocenters. The quantitative estimate of drug-likeness (QED) is 0.710. The van der Waals surface area contributed by atoms with Crippen LogP contribution in [0.15, 0.2) is 30.3 Å². The molecule has 0 atom stereocenters. The minimum atomic E-state index is 0.595. The molecule has 0 radical (unpaired) electrons. The lowest BCUT2D eigenvalue weighted by molar-refractivity contribution is 0.103. The first-order valence-corrected chi connectivity index (χ1v) is 8.08. The molecule has 0 bridgehead atoms. The lowest BCUT2D eigenvalue weighted by Gasteiger charge is -2.13. The second-order valence-electron chi connectivity index (χ2n) is 5.99. The molecule has 3 heteroatoms. The molecule has 116 valence electrons. The third-order valence-corrected chi connectivity index (χ3v) is 3.54. The molecule has 0 saturated carbocycles. The first-order valence-electron chi connectivity index (χ1n) is 8.08. The summed E-state index contributed by atoms with van der Waals surface area (Å²) >= 11 is 0. The standard InChI is InChI=1S/C18H28N2O/c1-4-9-19-13-17-12-16-7-5-6-8-18(16)20(17)10-11-21-14-15(2)3/h5-8,12,15,19H,4,9-11,13-14H2,1-3H3. The van der Waals surface area contributed by atoms with Crippen molar-refractivity contribution >= 4 is 10.9 Å². The predicted octanol–water partition coefficient (Wildman–Crippen LogP) is 3.81. The highest BCUT2D eigenvalue weighted by atomic mass is 16.5. The van der Waals surface area contributed by atoms with Crippen molar-refractivity contribution in [2.75, 3.05) is 19.8 Å². The molecule has 0 aliphatic rings. The number of aromatic nitrogens is 1. The van der Waals surface area contributed by atoms with Gasteiger partial charge in [-0.25, -0.2) is 0 Å². The summed E-state index contributed by atoms with van der Waals surface area (Å²) < 4.78 is 8.14. The maximum Gasteiger partial charge on any atom is 0.0645 e. The van der Waals surface area contributed by atoms with Crippen molar-refractivity contribution in [2.24, 2.45) is 5.92 Å². The van der Waals surface area contributed by atoms with Crippen LogP contribution in [0.3, 0.4) is 0 Å². The molecule has 1 heterocycles. The van der Waals surface area contributed by atoms with Crippen molar-refractivity contribution in [3.05, 3.63) is 36.0 Å². The molecule has 1 aromatic heterocycles. The van der Waals surface area contributed by atoms with Crippen molar-refractivity contribution in [2.45, 2.75) is 40.3 Å². The van der Waals surface area contributed by atoms with Crippen LogP contribution >= 0.6 is 0 Å². The Balaban J connectivity index is 2.07. The van der Waals surface area contributed by atoms with Gasteiger partial charge in [0.1, 0.15) is 0 Å². The zero-order chi connectivity index (χ0) is 15.1. The Labute approximate surface area is 128 Å². The first kappa shape index (κ1) is 16.1. The Morgan fingerprint density at radius 3 is 2.81 bits per heavy atom. The molecule has 2 rings (SSSR count). The van der Waals surface area contributed by atoms with E-state index < -0.39 is 0 Å². The van der Waals surface area contributed by atoms with E-state index in [1.54, 1.807) is 0 Å². The van der Waals surface area contributed by atoms with Gasteiger partial charge in [0.25, 0.3) is 0 Å². The van der Waals surface area contributed by atoms with Crippen molar-refractivity contribution < 1.29 is 4.74 Å². The van der Waals surface area contributed by atoms with Gasteiger partial charge in [0.15, 0.2) is 0 Å². The fourth-order valence-electron chi connectivity index (χ4n) is 2.55. The lowest BCUT2D eigenvalue weighted by Crippen LogP contribution is -2.18. The van der Waals surface area contributed by atoms with Crippen LogP contribution in [0.2, 0.25) is 0 Å². The molecular weight excluding hydrogens is 260 g/mol. The number of hydrogen-bond acceptors (Lipinski definition) is 2. The second kappa shape index (κ2) is 8.20. The van der Waals surface area contributed by atoms with E-state index >= 15 is 0 Å². The van der Waals surface area contributed by atoms with Crippen LogP contribution in [-0.2, 0) is 17.8 Å². The Morgan fingerprint density at radius 2 is 2.05 bits per heavy atom. The Kier molecular flexibility index (Phi) is 6.27. The van der Waals surface area contributed by atoms with Crippen LogP contribution in [0.5, 0.6) is 0 Å². The summed E-state index contributed by atoms with van der Waals surface area (Å²) in [7, 11) is 0. The van der Waals surface area contributed by atoms with Crippen LogP contribution in [0.4, 0.5) is 0 Å². The Morgan fingerprint density at radius 1 is 1.24 bits per heavy atom. The summed E-state index contributed by atoms with van der Waals surface area (Å²) in [4.78, 5) is 0. The van der Waals surface area contributed by atoms with Crippen LogP contribution in [-0.4, -0.2) is 24.3 Å². The van der Waals surface area contributed by atoms with Gasteiger partial charge in [-0.3, -0.25) is 0 Å². The number of nitrogens with zero attached hydrogens (tertiary/aromatic N) is 1. The van der Waals surface area contributed by atoms with Gasteiger partial charge in [-0.15, -0.1) is 0 Å². The van der Waals surface area contributed by atoms with E-state index in [-0.39, 0.29) is 0 Å². The van der Waals surface area contributed by atoms with E-state index in [9.17, 15) is 0 Å². The smallest absolute Gasteiger partial charge is 0.0645 e. The highest BCUT2D eigenvalue weighted by molar-refractivity contribution is 5.81. The van der Waals surface area contributed by atoms with Crippen molar-refractivity contribution in [1.82, 2.24) is 9.88 Å². The summed E-state index contributed by atoms with van der Waals surface area (Å²) in [5, 5.41) is 4.81. The highest BCUT2D eigenvalue weighted by Crippen LogP contribution is 2.19. The summed E-state index contributed by atoms with van der Waals surface area (Å²) in [5.74, 6) is 0.595. The number of benzene rings is 1. The summed E-state index contributed by atoms with van der Waals surface area (Å²) in [5.41, 5.74) is 2.65. The molecule has 0 aliphatic heterocycles. The predicted molar refractivity (Wildman–Crippen MR) is 89.6 cm³/mol. The molecule has 0 fully saturated rings. The minimum absolute atomic E-state index is 0.595. The van der Waals surface area contributed by atoms with E-state index in [1.165, 1.54) is 16.6 Å². The number of hydrogen-bond donors (Lipinski definition) is 1. The Bertz CT molecular complexity index is 545. The van der Waals surface area contributed by atoms with Crippen LogP contribution in [0.25, 0.3) is 10.9 Å². The van der Waals surface area contributed by atoms with Gasteiger partial charge >= 0.3 is 0 Å². The molecule has 3 nitrogen and oxygen atoms in total. The summed E-state index contributed by atoms with van der Waals surface area (Å²) in [6, 6.07) is 10.9. The molecule has 1 N–H and O–H groups in total. The molecule has 0 spiro atoms. The average Bonchev–Trinajstić information content (AvgIpc) is 2.81. The topological polar surface area (TPSA) is 26.2 Å². The normalized spacial score (nSPS) is 11.6. The largest absolute Gasteiger partial charge is 0.379 e. The van der Waals surface area contributed by atoms with Gasteiger partial charge in [-0.1, -0.05) is 39.0 Å². The summed E-state index contributed by atoms with van der Waals surface area (Å²) in [6.45, 7) is 11.1. The molecule has 21 heavy (non-hydrogen) atoms. The lowest BCUT2D eigenvalue weighted by atomic mass is 10.2. The van der Waals surface area contributed by atoms with Gasteiger partial charge in [0.2, 0.25) is 0 Å². The average molecular weight is 288 g/mol. The molecule has 2 aromatic rings. The van der Waals surface area contributed by atoms with Crippen molar-refractivity contribution in [3.8, 4) is 0 Å². The third-order valence-electron chi connectivity index (χ3n) is 3.54. The SMILES string of the molecule is CCCNCc1cc2ccccc2n1CCOCC(C)C. The highest BCUT2D eigenvalue weighted by Gasteiger charge is 2.08. The van der Waals surface area contributed by atoms with Gasteiger partial charge < -0.3 is 14.6 Å². The summed E-state index contributed by atoms with van der Waals surface area (Å²) in [6.07, 6.45) is 1.16. The van der Waals surface area contributed by atoms with E-state index in [2.05, 4.69) is 61.0 Å². The van der Waals surface area contributed by atoms with Crippen molar-refractivity contribution in [3.63, 3.8) is 0 Å². The van der Waals surface area contributed by atoms with Gasteiger partial charge in [-0.2, -0.15) is 0 Å². The number of para-hydroxylation sites is 1. The second-order valence-corrected chi connectivity index (χ2v) is 5.99. The molecular formula is C18H28N2O. The zero-order valence-electron chi connectivity index (χ0n) is 13.6. The molecule has 0 aliphatic carbocycles. The van der Waals surface area contributed by atoms with E-state index in [0.29, 0.717) is 5.92 Å². The number of ether oxygens (including phenoxy) is 1. The van der Waals surface area contributed by atoms with E-state index in [0.717, 1.165) is 39.3 Å². The molecule has 1 aromatic carbocycles. The van der Waals surface area contributed by atoms with Crippen LogP contribution in [0, 0.1) is 5.92 Å². The number of rotatable bonds is 9. The van der Waals surface area contributed by atoms with Crippen LogP contribution < -0.4 is 5.32 Å². The van der Waals surface area contributed by atoms with E-state index in [1.807, 2.05) is 0 Å². The third kappa shape index (κ3) is 4.58.